The highest BCUT2D eigenvalue weighted by atomic mass is 35.5. The van der Waals surface area contributed by atoms with Crippen LogP contribution in [0.3, 0.4) is 0 Å². The minimum atomic E-state index is -1.12. The first kappa shape index (κ1) is 18.5. The Balaban J connectivity index is 1.61. The number of aromatic carboxylic acids is 1. The summed E-state index contributed by atoms with van der Waals surface area (Å²) in [4.78, 5) is 17.8. The summed E-state index contributed by atoms with van der Waals surface area (Å²) < 4.78 is 5.38. The van der Waals surface area contributed by atoms with E-state index in [9.17, 15) is 15.0 Å². The summed E-state index contributed by atoms with van der Waals surface area (Å²) in [6.45, 7) is 0.885. The fourth-order valence-corrected chi connectivity index (χ4v) is 3.63. The van der Waals surface area contributed by atoms with Crippen molar-refractivity contribution < 1.29 is 19.5 Å². The van der Waals surface area contributed by atoms with E-state index in [1.165, 1.54) is 0 Å². The number of rotatable bonds is 4. The number of pyridine rings is 1. The molecule has 0 spiro atoms. The van der Waals surface area contributed by atoms with Crippen LogP contribution in [0.5, 0.6) is 0 Å². The zero-order chi connectivity index (χ0) is 19.7. The van der Waals surface area contributed by atoms with Crippen molar-refractivity contribution in [1.82, 2.24) is 10.1 Å². The van der Waals surface area contributed by atoms with Crippen molar-refractivity contribution in [3.05, 3.63) is 64.9 Å². The summed E-state index contributed by atoms with van der Waals surface area (Å²) in [6.07, 6.45) is 4.18. The number of carboxylic acid groups (broad SMARTS) is 1. The second kappa shape index (κ2) is 7.26. The van der Waals surface area contributed by atoms with Crippen LogP contribution in [0.1, 0.15) is 28.8 Å². The van der Waals surface area contributed by atoms with E-state index >= 15 is 0 Å². The number of carboxylic acids is 1. The summed E-state index contributed by atoms with van der Waals surface area (Å²) in [5.41, 5.74) is 0.366. The maximum absolute atomic E-state index is 11.9. The third-order valence-electron chi connectivity index (χ3n) is 5.08. The van der Waals surface area contributed by atoms with Gasteiger partial charge in [-0.05, 0) is 43.2 Å². The molecule has 1 saturated heterocycles. The van der Waals surface area contributed by atoms with Crippen LogP contribution >= 0.6 is 11.6 Å². The normalized spacial score (nSPS) is 16.1. The van der Waals surface area contributed by atoms with Gasteiger partial charge < -0.3 is 19.6 Å². The van der Waals surface area contributed by atoms with Crippen molar-refractivity contribution in [3.63, 3.8) is 0 Å². The maximum atomic E-state index is 11.9. The number of carbonyl (C=O) groups is 1. The van der Waals surface area contributed by atoms with Gasteiger partial charge in [0, 0.05) is 41.6 Å². The minimum absolute atomic E-state index is 0.00846. The van der Waals surface area contributed by atoms with Crippen molar-refractivity contribution in [1.29, 1.82) is 0 Å². The molecule has 1 fully saturated rings. The highest BCUT2D eigenvalue weighted by Gasteiger charge is 2.37. The lowest BCUT2D eigenvalue weighted by atomic mass is 9.85. The van der Waals surface area contributed by atoms with E-state index in [2.05, 4.69) is 10.1 Å². The Morgan fingerprint density at radius 3 is 2.50 bits per heavy atom. The number of anilines is 1. The van der Waals surface area contributed by atoms with E-state index in [0.29, 0.717) is 36.5 Å². The summed E-state index contributed by atoms with van der Waals surface area (Å²) in [5, 5.41) is 25.3. The van der Waals surface area contributed by atoms with Crippen LogP contribution in [0.15, 0.2) is 53.3 Å². The zero-order valence-electron chi connectivity index (χ0n) is 14.9. The third kappa shape index (κ3) is 3.34. The summed E-state index contributed by atoms with van der Waals surface area (Å²) >= 11 is 5.91. The molecule has 28 heavy (non-hydrogen) atoms. The molecule has 1 aromatic carbocycles. The Labute approximate surface area is 166 Å². The van der Waals surface area contributed by atoms with Gasteiger partial charge in [-0.1, -0.05) is 22.8 Å². The first-order valence-corrected chi connectivity index (χ1v) is 9.22. The second-order valence-corrected chi connectivity index (χ2v) is 7.22. The Bertz CT molecular complexity index is 980. The second-order valence-electron chi connectivity index (χ2n) is 6.78. The van der Waals surface area contributed by atoms with E-state index < -0.39 is 11.6 Å². The highest BCUT2D eigenvalue weighted by molar-refractivity contribution is 6.30. The zero-order valence-corrected chi connectivity index (χ0v) is 15.6. The number of halogens is 1. The molecule has 1 aliphatic rings. The van der Waals surface area contributed by atoms with Crippen LogP contribution in [0.25, 0.3) is 11.3 Å². The van der Waals surface area contributed by atoms with Crippen molar-refractivity contribution >= 4 is 23.4 Å². The van der Waals surface area contributed by atoms with Crippen LogP contribution in [-0.4, -0.2) is 39.4 Å². The quantitative estimate of drug-likeness (QED) is 0.691. The molecule has 144 valence electrons. The van der Waals surface area contributed by atoms with Gasteiger partial charge in [0.1, 0.15) is 0 Å². The van der Waals surface area contributed by atoms with Gasteiger partial charge in [-0.2, -0.15) is 0 Å². The minimum Gasteiger partial charge on any atom is -0.477 e. The predicted octanol–water partition coefficient (Wildman–Crippen LogP) is 3.58. The Morgan fingerprint density at radius 2 is 1.89 bits per heavy atom. The number of piperidine rings is 1. The van der Waals surface area contributed by atoms with E-state index in [4.69, 9.17) is 16.1 Å². The fourth-order valence-electron chi connectivity index (χ4n) is 3.50. The fraction of sp³-hybridized carbons (Fsp3) is 0.250. The van der Waals surface area contributed by atoms with Gasteiger partial charge in [0.25, 0.3) is 0 Å². The van der Waals surface area contributed by atoms with E-state index in [-0.39, 0.29) is 17.1 Å². The predicted molar refractivity (Wildman–Crippen MR) is 103 cm³/mol. The number of hydrogen-bond donors (Lipinski definition) is 2. The molecule has 3 heterocycles. The van der Waals surface area contributed by atoms with Gasteiger partial charge in [0.05, 0.1) is 5.60 Å². The molecule has 0 saturated carbocycles. The highest BCUT2D eigenvalue weighted by Crippen LogP contribution is 2.37. The average Bonchev–Trinajstić information content (AvgIpc) is 3.15. The van der Waals surface area contributed by atoms with Gasteiger partial charge in [0.15, 0.2) is 17.1 Å². The number of nitrogens with zero attached hydrogens (tertiary/aromatic N) is 3. The van der Waals surface area contributed by atoms with E-state index in [0.717, 1.165) is 5.56 Å². The molecular formula is C20H18ClN3O4. The van der Waals surface area contributed by atoms with Crippen LogP contribution in [0, 0.1) is 0 Å². The lowest BCUT2D eigenvalue weighted by molar-refractivity contribution is 0.0112. The molecule has 0 aliphatic carbocycles. The van der Waals surface area contributed by atoms with E-state index in [1.54, 1.807) is 42.7 Å². The van der Waals surface area contributed by atoms with Gasteiger partial charge in [-0.15, -0.1) is 0 Å². The first-order chi connectivity index (χ1) is 13.5. The number of hydrogen-bond acceptors (Lipinski definition) is 6. The molecule has 4 rings (SSSR count). The maximum Gasteiger partial charge on any atom is 0.343 e. The number of benzene rings is 1. The van der Waals surface area contributed by atoms with Crippen LogP contribution < -0.4 is 4.90 Å². The number of aliphatic hydroxyl groups is 1. The SMILES string of the molecule is O=C(O)c1c(N2CCC(O)(c3cccnc3)CC2)noc1-c1ccc(Cl)cc1. The van der Waals surface area contributed by atoms with Gasteiger partial charge in [0.2, 0.25) is 0 Å². The molecule has 1 aliphatic heterocycles. The molecule has 2 N–H and O–H groups in total. The molecule has 0 radical (unpaired) electrons. The molecule has 2 aromatic heterocycles. The molecule has 0 bridgehead atoms. The van der Waals surface area contributed by atoms with Gasteiger partial charge in [-0.25, -0.2) is 4.79 Å². The molecule has 7 nitrogen and oxygen atoms in total. The Kier molecular flexibility index (Phi) is 4.78. The third-order valence-corrected chi connectivity index (χ3v) is 5.34. The van der Waals surface area contributed by atoms with Crippen LogP contribution in [0.2, 0.25) is 5.02 Å². The Morgan fingerprint density at radius 1 is 1.18 bits per heavy atom. The average molecular weight is 400 g/mol. The van der Waals surface area contributed by atoms with Crippen molar-refractivity contribution in [2.24, 2.45) is 0 Å². The molecule has 0 amide bonds. The monoisotopic (exact) mass is 399 g/mol. The first-order valence-electron chi connectivity index (χ1n) is 8.85. The number of aromatic nitrogens is 2. The lowest BCUT2D eigenvalue weighted by Gasteiger charge is -2.38. The topological polar surface area (TPSA) is 99.7 Å². The van der Waals surface area contributed by atoms with Crippen LogP contribution in [0.4, 0.5) is 5.82 Å². The summed E-state index contributed by atoms with van der Waals surface area (Å²) in [7, 11) is 0. The van der Waals surface area contributed by atoms with E-state index in [1.807, 2.05) is 11.0 Å². The molecule has 0 unspecified atom stereocenters. The Hall–Kier alpha value is -2.90. The lowest BCUT2D eigenvalue weighted by Crippen LogP contribution is -2.43. The van der Waals surface area contributed by atoms with Crippen molar-refractivity contribution in [3.8, 4) is 11.3 Å². The summed E-state index contributed by atoms with van der Waals surface area (Å²) in [5.74, 6) is -0.660. The van der Waals surface area contributed by atoms with Gasteiger partial charge >= 0.3 is 5.97 Å². The largest absolute Gasteiger partial charge is 0.477 e. The standard InChI is InChI=1S/C20H18ClN3O4/c21-15-5-3-13(4-6-15)17-16(19(25)26)18(23-28-17)24-10-7-20(27,8-11-24)14-2-1-9-22-12-14/h1-6,9,12,27H,7-8,10-11H2,(H,25,26). The summed E-state index contributed by atoms with van der Waals surface area (Å²) in [6, 6.07) is 10.4. The smallest absolute Gasteiger partial charge is 0.343 e. The van der Waals surface area contributed by atoms with Gasteiger partial charge in [-0.3, -0.25) is 4.98 Å². The van der Waals surface area contributed by atoms with Crippen molar-refractivity contribution in [2.45, 2.75) is 18.4 Å². The molecule has 3 aromatic rings. The molecular weight excluding hydrogens is 382 g/mol. The molecule has 0 atom stereocenters. The van der Waals surface area contributed by atoms with Crippen molar-refractivity contribution in [2.75, 3.05) is 18.0 Å². The molecule has 8 heteroatoms. The van der Waals surface area contributed by atoms with Crippen LogP contribution in [-0.2, 0) is 5.60 Å².